The maximum Gasteiger partial charge on any atom is 0.524 e. The number of hydrogen-bond acceptors (Lipinski definition) is 2. The molecule has 116 valence electrons. The molecular formula is C18H23NO2P+. The van der Waals surface area contributed by atoms with E-state index in [2.05, 4.69) is 19.2 Å². The van der Waals surface area contributed by atoms with Gasteiger partial charge in [-0.3, -0.25) is 5.32 Å². The molecule has 0 spiro atoms. The van der Waals surface area contributed by atoms with Gasteiger partial charge in [0.1, 0.15) is 0 Å². The van der Waals surface area contributed by atoms with Gasteiger partial charge in [-0.25, -0.2) is 0 Å². The fourth-order valence-electron chi connectivity index (χ4n) is 2.54. The molecule has 2 aromatic rings. The Morgan fingerprint density at radius 3 is 1.77 bits per heavy atom. The summed E-state index contributed by atoms with van der Waals surface area (Å²) in [6.45, 7) is 4.13. The van der Waals surface area contributed by atoms with Gasteiger partial charge in [0.2, 0.25) is 5.78 Å². The van der Waals surface area contributed by atoms with Gasteiger partial charge in [0.05, 0.1) is 6.04 Å². The van der Waals surface area contributed by atoms with Gasteiger partial charge >= 0.3 is 8.03 Å². The van der Waals surface area contributed by atoms with Crippen LogP contribution in [0.25, 0.3) is 0 Å². The molecule has 2 aromatic carbocycles. The molecule has 0 aliphatic rings. The van der Waals surface area contributed by atoms with E-state index in [9.17, 15) is 9.46 Å². The molecule has 0 saturated heterocycles. The molecule has 0 bridgehead atoms. The fourth-order valence-corrected chi connectivity index (χ4v) is 3.42. The third-order valence-corrected chi connectivity index (χ3v) is 4.48. The van der Waals surface area contributed by atoms with E-state index in [-0.39, 0.29) is 6.04 Å². The second kappa shape index (κ2) is 8.19. The van der Waals surface area contributed by atoms with Crippen LogP contribution in [0.15, 0.2) is 60.7 Å². The van der Waals surface area contributed by atoms with Gasteiger partial charge in [0.15, 0.2) is 0 Å². The third-order valence-electron chi connectivity index (χ3n) is 3.59. The summed E-state index contributed by atoms with van der Waals surface area (Å²) in [7, 11) is -2.27. The van der Waals surface area contributed by atoms with Crippen LogP contribution in [0.2, 0.25) is 0 Å². The van der Waals surface area contributed by atoms with E-state index in [1.807, 2.05) is 60.7 Å². The highest BCUT2D eigenvalue weighted by atomic mass is 31.1. The van der Waals surface area contributed by atoms with Crippen molar-refractivity contribution in [2.75, 3.05) is 0 Å². The van der Waals surface area contributed by atoms with Gasteiger partial charge in [0.25, 0.3) is 0 Å². The highest BCUT2D eigenvalue weighted by Crippen LogP contribution is 2.31. The molecule has 0 radical (unpaired) electrons. The van der Waals surface area contributed by atoms with Gasteiger partial charge in [0, 0.05) is 6.42 Å². The normalized spacial score (nSPS) is 13.4. The van der Waals surface area contributed by atoms with Crippen LogP contribution in [0.1, 0.15) is 37.4 Å². The van der Waals surface area contributed by atoms with Crippen molar-refractivity contribution >= 4 is 8.03 Å². The molecule has 3 nitrogen and oxygen atoms in total. The van der Waals surface area contributed by atoms with E-state index in [1.165, 1.54) is 0 Å². The van der Waals surface area contributed by atoms with E-state index in [4.69, 9.17) is 0 Å². The Labute approximate surface area is 133 Å². The summed E-state index contributed by atoms with van der Waals surface area (Å²) in [5.41, 5.74) is 2.19. The molecule has 0 aromatic heterocycles. The second-order valence-electron chi connectivity index (χ2n) is 5.87. The monoisotopic (exact) mass is 316 g/mol. The first-order valence-corrected chi connectivity index (χ1v) is 8.87. The molecule has 2 rings (SSSR count). The van der Waals surface area contributed by atoms with E-state index in [0.717, 1.165) is 11.1 Å². The van der Waals surface area contributed by atoms with E-state index < -0.39 is 13.8 Å². The predicted molar refractivity (Wildman–Crippen MR) is 90.9 cm³/mol. The van der Waals surface area contributed by atoms with Crippen molar-refractivity contribution in [1.82, 2.24) is 5.32 Å². The maximum atomic E-state index is 11.7. The fraction of sp³-hybridized carbons (Fsp3) is 0.333. The summed E-state index contributed by atoms with van der Waals surface area (Å²) in [5, 5.41) is 3.38. The molecule has 2 unspecified atom stereocenters. The summed E-state index contributed by atoms with van der Waals surface area (Å²) in [4.78, 5) is 9.65. The average Bonchev–Trinajstić information content (AvgIpc) is 2.52. The SMILES string of the molecule is CC(C)CC(NC(c1ccccc1)c1ccccc1)[P+](=O)O. The van der Waals surface area contributed by atoms with Crippen molar-refractivity contribution in [3.05, 3.63) is 71.8 Å². The van der Waals surface area contributed by atoms with Crippen molar-refractivity contribution in [3.63, 3.8) is 0 Å². The van der Waals surface area contributed by atoms with Crippen LogP contribution in [0.3, 0.4) is 0 Å². The van der Waals surface area contributed by atoms with Crippen LogP contribution in [-0.2, 0) is 4.57 Å². The maximum absolute atomic E-state index is 11.7. The van der Waals surface area contributed by atoms with Crippen molar-refractivity contribution in [2.45, 2.75) is 32.1 Å². The molecule has 2 N–H and O–H groups in total. The average molecular weight is 316 g/mol. The Balaban J connectivity index is 2.30. The highest BCUT2D eigenvalue weighted by molar-refractivity contribution is 7.38. The molecule has 0 saturated carbocycles. The second-order valence-corrected chi connectivity index (χ2v) is 7.10. The summed E-state index contributed by atoms with van der Waals surface area (Å²) >= 11 is 0. The molecule has 2 atom stereocenters. The van der Waals surface area contributed by atoms with Gasteiger partial charge in [-0.1, -0.05) is 74.5 Å². The Morgan fingerprint density at radius 1 is 0.955 bits per heavy atom. The largest absolute Gasteiger partial charge is 0.524 e. The minimum atomic E-state index is -2.27. The van der Waals surface area contributed by atoms with Gasteiger partial charge < -0.3 is 0 Å². The molecule has 0 aliphatic carbocycles. The zero-order chi connectivity index (χ0) is 15.9. The lowest BCUT2D eigenvalue weighted by Crippen LogP contribution is -2.32. The Kier molecular flexibility index (Phi) is 6.26. The van der Waals surface area contributed by atoms with Crippen molar-refractivity contribution in [1.29, 1.82) is 0 Å². The lowest BCUT2D eigenvalue weighted by Gasteiger charge is -2.21. The van der Waals surface area contributed by atoms with E-state index >= 15 is 0 Å². The minimum Gasteiger partial charge on any atom is -0.260 e. The summed E-state index contributed by atoms with van der Waals surface area (Å²) in [5.74, 6) is -0.0591. The topological polar surface area (TPSA) is 49.3 Å². The zero-order valence-corrected chi connectivity index (χ0v) is 13.9. The summed E-state index contributed by atoms with van der Waals surface area (Å²) in [6.07, 6.45) is 0.669. The molecule has 22 heavy (non-hydrogen) atoms. The molecular weight excluding hydrogens is 293 g/mol. The lowest BCUT2D eigenvalue weighted by molar-refractivity contribution is 0.420. The van der Waals surface area contributed by atoms with E-state index in [0.29, 0.717) is 12.3 Å². The molecule has 0 heterocycles. The molecule has 0 aliphatic heterocycles. The smallest absolute Gasteiger partial charge is 0.260 e. The highest BCUT2D eigenvalue weighted by Gasteiger charge is 2.32. The van der Waals surface area contributed by atoms with Crippen LogP contribution in [0.4, 0.5) is 0 Å². The zero-order valence-electron chi connectivity index (χ0n) is 13.0. The summed E-state index contributed by atoms with van der Waals surface area (Å²) < 4.78 is 11.7. The van der Waals surface area contributed by atoms with Crippen molar-refractivity contribution < 1.29 is 9.46 Å². The quantitative estimate of drug-likeness (QED) is 0.741. The van der Waals surface area contributed by atoms with Gasteiger partial charge in [-0.2, -0.15) is 4.89 Å². The number of benzene rings is 2. The van der Waals surface area contributed by atoms with Crippen molar-refractivity contribution in [2.24, 2.45) is 5.92 Å². The number of hydrogen-bond donors (Lipinski definition) is 2. The van der Waals surface area contributed by atoms with Crippen LogP contribution in [-0.4, -0.2) is 10.7 Å². The van der Waals surface area contributed by atoms with Crippen LogP contribution in [0.5, 0.6) is 0 Å². The predicted octanol–water partition coefficient (Wildman–Crippen LogP) is 4.47. The van der Waals surface area contributed by atoms with Crippen molar-refractivity contribution in [3.8, 4) is 0 Å². The number of rotatable bonds is 7. The Morgan fingerprint density at radius 2 is 1.41 bits per heavy atom. The summed E-state index contributed by atoms with van der Waals surface area (Å²) in [6, 6.07) is 20.0. The third kappa shape index (κ3) is 4.74. The Bertz CT molecular complexity index is 547. The molecule has 0 amide bonds. The standard InChI is InChI=1S/C18H22NO2P/c1-14(2)13-17(22(20)21)19-18(15-9-5-3-6-10-15)16-11-7-4-8-12-16/h3-12,14,17-19H,13H2,1-2H3/p+1. The first-order valence-electron chi connectivity index (χ1n) is 7.59. The van der Waals surface area contributed by atoms with Gasteiger partial charge in [-0.15, -0.1) is 0 Å². The minimum absolute atomic E-state index is 0.0859. The molecule has 4 heteroatoms. The first-order chi connectivity index (χ1) is 10.6. The first kappa shape index (κ1) is 16.8. The van der Waals surface area contributed by atoms with E-state index in [1.54, 1.807) is 0 Å². The number of nitrogens with one attached hydrogen (secondary N) is 1. The lowest BCUT2D eigenvalue weighted by atomic mass is 9.98. The van der Waals surface area contributed by atoms with Crippen LogP contribution < -0.4 is 5.32 Å². The molecule has 0 fully saturated rings. The Hall–Kier alpha value is -1.54. The van der Waals surface area contributed by atoms with Gasteiger partial charge in [-0.05, 0) is 21.6 Å². The van der Waals surface area contributed by atoms with Crippen LogP contribution >= 0.6 is 8.03 Å². The van der Waals surface area contributed by atoms with Crippen LogP contribution in [0, 0.1) is 5.92 Å².